The molecular weight excluding hydrogens is 244 g/mol. The number of aryl methyl sites for hydroxylation is 1. The third kappa shape index (κ3) is 2.19. The van der Waals surface area contributed by atoms with Gasteiger partial charge >= 0.3 is 0 Å². The Bertz CT molecular complexity index is 456. The number of likely N-dealkylation sites (tertiary alicyclic amines) is 1. The maximum absolute atomic E-state index is 11.9. The van der Waals surface area contributed by atoms with Gasteiger partial charge in [-0.3, -0.25) is 9.69 Å². The van der Waals surface area contributed by atoms with Crippen molar-refractivity contribution in [3.63, 3.8) is 0 Å². The van der Waals surface area contributed by atoms with Crippen LogP contribution in [0.1, 0.15) is 29.0 Å². The molecule has 2 aliphatic rings. The van der Waals surface area contributed by atoms with E-state index >= 15 is 0 Å². The molecule has 1 aromatic heterocycles. The number of likely N-dealkylation sites (N-methyl/N-ethyl adjacent to an activating group) is 1. The first kappa shape index (κ1) is 12.2. The highest BCUT2D eigenvalue weighted by Crippen LogP contribution is 2.32. The minimum absolute atomic E-state index is 0.314. The highest BCUT2D eigenvalue weighted by atomic mass is 32.1. The SMILES string of the molecule is Cc1ccc(CN2[C@@H]3CC[C@H]2CN(C)C(=O)C3)s1. The molecule has 2 atom stereocenters. The number of thiophene rings is 1. The third-order valence-electron chi connectivity index (χ3n) is 4.23. The van der Waals surface area contributed by atoms with Crippen molar-refractivity contribution in [1.82, 2.24) is 9.80 Å². The van der Waals surface area contributed by atoms with Crippen LogP contribution in [0.3, 0.4) is 0 Å². The van der Waals surface area contributed by atoms with Crippen LogP contribution in [-0.2, 0) is 11.3 Å². The van der Waals surface area contributed by atoms with Gasteiger partial charge < -0.3 is 4.90 Å². The Morgan fingerprint density at radius 3 is 2.83 bits per heavy atom. The van der Waals surface area contributed by atoms with E-state index in [2.05, 4.69) is 24.0 Å². The van der Waals surface area contributed by atoms with Crippen molar-refractivity contribution < 1.29 is 4.79 Å². The zero-order valence-corrected chi connectivity index (χ0v) is 11.9. The molecule has 98 valence electrons. The molecule has 2 fully saturated rings. The predicted octanol–water partition coefficient (Wildman–Crippen LogP) is 2.25. The first-order chi connectivity index (χ1) is 8.63. The molecule has 1 amide bonds. The molecule has 0 radical (unpaired) electrons. The molecule has 2 aliphatic heterocycles. The number of nitrogens with zero attached hydrogens (tertiary/aromatic N) is 2. The number of hydrogen-bond donors (Lipinski definition) is 0. The van der Waals surface area contributed by atoms with Crippen LogP contribution < -0.4 is 0 Å². The fraction of sp³-hybridized carbons (Fsp3) is 0.643. The maximum atomic E-state index is 11.9. The Kier molecular flexibility index (Phi) is 3.16. The molecule has 4 heteroatoms. The van der Waals surface area contributed by atoms with E-state index in [1.54, 1.807) is 0 Å². The summed E-state index contributed by atoms with van der Waals surface area (Å²) >= 11 is 1.88. The summed E-state index contributed by atoms with van der Waals surface area (Å²) in [6.45, 7) is 4.08. The molecule has 0 aliphatic carbocycles. The van der Waals surface area contributed by atoms with Crippen LogP contribution >= 0.6 is 11.3 Å². The maximum Gasteiger partial charge on any atom is 0.223 e. The second-order valence-electron chi connectivity index (χ2n) is 5.55. The quantitative estimate of drug-likeness (QED) is 0.818. The molecule has 1 aromatic rings. The molecule has 2 bridgehead atoms. The fourth-order valence-electron chi connectivity index (χ4n) is 3.21. The molecular formula is C14H20N2OS. The smallest absolute Gasteiger partial charge is 0.223 e. The average Bonchev–Trinajstić information content (AvgIpc) is 2.85. The lowest BCUT2D eigenvalue weighted by atomic mass is 10.1. The van der Waals surface area contributed by atoms with Crippen molar-refractivity contribution in [1.29, 1.82) is 0 Å². The predicted molar refractivity (Wildman–Crippen MR) is 73.7 cm³/mol. The van der Waals surface area contributed by atoms with Gasteiger partial charge in [-0.15, -0.1) is 11.3 Å². The summed E-state index contributed by atoms with van der Waals surface area (Å²) in [6, 6.07) is 5.45. The molecule has 0 aromatic carbocycles. The molecule has 0 unspecified atom stereocenters. The lowest BCUT2D eigenvalue weighted by Crippen LogP contribution is -2.37. The second-order valence-corrected chi connectivity index (χ2v) is 6.92. The van der Waals surface area contributed by atoms with Crippen LogP contribution in [0.2, 0.25) is 0 Å². The number of carbonyl (C=O) groups is 1. The Balaban J connectivity index is 1.77. The van der Waals surface area contributed by atoms with E-state index in [0.717, 1.165) is 13.1 Å². The van der Waals surface area contributed by atoms with Crippen molar-refractivity contribution in [2.75, 3.05) is 13.6 Å². The van der Waals surface area contributed by atoms with Gasteiger partial charge in [0.25, 0.3) is 0 Å². The largest absolute Gasteiger partial charge is 0.344 e. The Labute approximate surface area is 112 Å². The lowest BCUT2D eigenvalue weighted by Gasteiger charge is -2.27. The van der Waals surface area contributed by atoms with E-state index in [-0.39, 0.29) is 0 Å². The van der Waals surface area contributed by atoms with Gasteiger partial charge in [-0.2, -0.15) is 0 Å². The minimum atomic E-state index is 0.314. The van der Waals surface area contributed by atoms with Gasteiger partial charge in [-0.1, -0.05) is 0 Å². The van der Waals surface area contributed by atoms with Crippen LogP contribution in [-0.4, -0.2) is 41.4 Å². The highest BCUT2D eigenvalue weighted by molar-refractivity contribution is 7.11. The van der Waals surface area contributed by atoms with Gasteiger partial charge in [0.05, 0.1) is 0 Å². The molecule has 0 spiro atoms. The van der Waals surface area contributed by atoms with Gasteiger partial charge in [-0.05, 0) is 31.9 Å². The molecule has 0 N–H and O–H groups in total. The van der Waals surface area contributed by atoms with E-state index in [9.17, 15) is 4.79 Å². The average molecular weight is 264 g/mol. The number of hydrogen-bond acceptors (Lipinski definition) is 3. The number of carbonyl (C=O) groups excluding carboxylic acids is 1. The molecule has 18 heavy (non-hydrogen) atoms. The number of fused-ring (bicyclic) bond motifs is 2. The molecule has 0 saturated carbocycles. The topological polar surface area (TPSA) is 23.6 Å². The van der Waals surface area contributed by atoms with Gasteiger partial charge in [-0.25, -0.2) is 0 Å². The fourth-order valence-corrected chi connectivity index (χ4v) is 4.11. The van der Waals surface area contributed by atoms with E-state index in [1.165, 1.54) is 22.6 Å². The van der Waals surface area contributed by atoms with Crippen LogP contribution in [0.15, 0.2) is 12.1 Å². The standard InChI is InChI=1S/C14H20N2OS/c1-10-3-6-13(18-10)9-16-11-4-5-12(16)8-15(2)14(17)7-11/h3,6,11-12H,4-5,7-9H2,1-2H3/t11-,12+/m1/s1. The summed E-state index contributed by atoms with van der Waals surface area (Å²) in [5.41, 5.74) is 0. The molecule has 2 saturated heterocycles. The van der Waals surface area contributed by atoms with Crippen molar-refractivity contribution in [2.45, 2.75) is 44.8 Å². The van der Waals surface area contributed by atoms with Crippen molar-refractivity contribution in [2.24, 2.45) is 0 Å². The van der Waals surface area contributed by atoms with Crippen molar-refractivity contribution in [3.8, 4) is 0 Å². The van der Waals surface area contributed by atoms with Crippen molar-refractivity contribution in [3.05, 3.63) is 21.9 Å². The van der Waals surface area contributed by atoms with Crippen LogP contribution in [0.4, 0.5) is 0 Å². The zero-order valence-electron chi connectivity index (χ0n) is 11.1. The summed E-state index contributed by atoms with van der Waals surface area (Å²) in [7, 11) is 1.94. The summed E-state index contributed by atoms with van der Waals surface area (Å²) in [4.78, 5) is 19.2. The first-order valence-electron chi connectivity index (χ1n) is 6.68. The summed E-state index contributed by atoms with van der Waals surface area (Å²) in [5.74, 6) is 0.314. The van der Waals surface area contributed by atoms with Crippen LogP contribution in [0.5, 0.6) is 0 Å². The van der Waals surface area contributed by atoms with Gasteiger partial charge in [0.15, 0.2) is 0 Å². The van der Waals surface area contributed by atoms with E-state index in [0.29, 0.717) is 24.4 Å². The Morgan fingerprint density at radius 2 is 2.11 bits per heavy atom. The number of rotatable bonds is 2. The summed E-state index contributed by atoms with van der Waals surface area (Å²) in [5, 5.41) is 0. The van der Waals surface area contributed by atoms with Gasteiger partial charge in [0.2, 0.25) is 5.91 Å². The van der Waals surface area contributed by atoms with E-state index in [1.807, 2.05) is 23.3 Å². The minimum Gasteiger partial charge on any atom is -0.344 e. The molecule has 3 nitrogen and oxygen atoms in total. The summed E-state index contributed by atoms with van der Waals surface area (Å²) < 4.78 is 0. The highest BCUT2D eigenvalue weighted by Gasteiger charge is 2.39. The van der Waals surface area contributed by atoms with Gasteiger partial charge in [0.1, 0.15) is 0 Å². The molecule has 3 heterocycles. The first-order valence-corrected chi connectivity index (χ1v) is 7.50. The second kappa shape index (κ2) is 4.67. The number of amides is 1. The van der Waals surface area contributed by atoms with Crippen LogP contribution in [0, 0.1) is 6.92 Å². The van der Waals surface area contributed by atoms with E-state index < -0.39 is 0 Å². The monoisotopic (exact) mass is 264 g/mol. The van der Waals surface area contributed by atoms with Gasteiger partial charge in [0, 0.05) is 48.4 Å². The zero-order chi connectivity index (χ0) is 12.7. The lowest BCUT2D eigenvalue weighted by molar-refractivity contribution is -0.130. The van der Waals surface area contributed by atoms with Crippen LogP contribution in [0.25, 0.3) is 0 Å². The normalized spacial score (nSPS) is 28.8. The Morgan fingerprint density at radius 1 is 1.33 bits per heavy atom. The van der Waals surface area contributed by atoms with E-state index in [4.69, 9.17) is 0 Å². The summed E-state index contributed by atoms with van der Waals surface area (Å²) in [6.07, 6.45) is 3.14. The molecule has 3 rings (SSSR count). The third-order valence-corrected chi connectivity index (χ3v) is 5.21. The Hall–Kier alpha value is -0.870. The van der Waals surface area contributed by atoms with Crippen molar-refractivity contribution >= 4 is 17.2 Å².